The zero-order valence-electron chi connectivity index (χ0n) is 23.6. The number of amides is 1. The Kier molecular flexibility index (Phi) is 8.02. The van der Waals surface area contributed by atoms with E-state index in [-0.39, 0.29) is 52.5 Å². The smallest absolute Gasteiger partial charge is 0.319 e. The lowest BCUT2D eigenvalue weighted by Crippen LogP contribution is -2.53. The molecule has 4 heterocycles. The standard InChI is InChI=1S/C29H34ClF2N7O2/c1-6-23(40)38-7-8-39(16(3)12-38)28-20-11-21(30)24(26-17(4)15(2)9-22(33)34-26)25(32)27(20)35-29(36-28)41-14-19-10-18(31)13-37(19)5/h6,9,11,16,18-19H,1,7-8,10,12-14H2,2-5H3,(H2,33,34)/t16?,18-,19+/m1/s1. The van der Waals surface area contributed by atoms with E-state index in [0.29, 0.717) is 49.5 Å². The van der Waals surface area contributed by atoms with Crippen molar-refractivity contribution in [1.29, 1.82) is 0 Å². The number of nitrogens with two attached hydrogens (primary N) is 1. The highest BCUT2D eigenvalue weighted by Gasteiger charge is 2.32. The third kappa shape index (κ3) is 5.52. The first kappa shape index (κ1) is 28.9. The van der Waals surface area contributed by atoms with E-state index in [9.17, 15) is 9.18 Å². The summed E-state index contributed by atoms with van der Waals surface area (Å²) in [6.07, 6.45) is 0.694. The molecule has 1 amide bonds. The Morgan fingerprint density at radius 1 is 1.24 bits per heavy atom. The number of hydrogen-bond donors (Lipinski definition) is 1. The van der Waals surface area contributed by atoms with E-state index in [2.05, 4.69) is 16.5 Å². The van der Waals surface area contributed by atoms with Gasteiger partial charge in [-0.2, -0.15) is 9.97 Å². The van der Waals surface area contributed by atoms with Gasteiger partial charge in [0.25, 0.3) is 0 Å². The first-order chi connectivity index (χ1) is 19.5. The summed E-state index contributed by atoms with van der Waals surface area (Å²) in [5.41, 5.74) is 8.05. The molecule has 0 radical (unpaired) electrons. The van der Waals surface area contributed by atoms with Crippen molar-refractivity contribution in [3.05, 3.63) is 46.8 Å². The summed E-state index contributed by atoms with van der Waals surface area (Å²) in [7, 11) is 1.84. The summed E-state index contributed by atoms with van der Waals surface area (Å²) in [5, 5.41) is 0.544. The predicted octanol–water partition coefficient (Wildman–Crippen LogP) is 4.33. The Bertz CT molecular complexity index is 1520. The highest BCUT2D eigenvalue weighted by Crippen LogP contribution is 2.40. The van der Waals surface area contributed by atoms with Gasteiger partial charge >= 0.3 is 6.01 Å². The summed E-state index contributed by atoms with van der Waals surface area (Å²) < 4.78 is 36.4. The Morgan fingerprint density at radius 2 is 2.00 bits per heavy atom. The van der Waals surface area contributed by atoms with Crippen LogP contribution >= 0.6 is 11.6 Å². The quantitative estimate of drug-likeness (QED) is 0.427. The van der Waals surface area contributed by atoms with Gasteiger partial charge in [0.1, 0.15) is 29.9 Å². The van der Waals surface area contributed by atoms with Crippen molar-refractivity contribution < 1.29 is 18.3 Å². The number of benzene rings is 1. The number of piperazine rings is 1. The second-order valence-corrected chi connectivity index (χ2v) is 11.3. The zero-order chi connectivity index (χ0) is 29.6. The van der Waals surface area contributed by atoms with E-state index in [4.69, 9.17) is 27.1 Å². The third-order valence-corrected chi connectivity index (χ3v) is 8.36. The number of likely N-dealkylation sites (tertiary alicyclic amines) is 1. The highest BCUT2D eigenvalue weighted by atomic mass is 35.5. The van der Waals surface area contributed by atoms with Crippen molar-refractivity contribution in [1.82, 2.24) is 24.8 Å². The number of carbonyl (C=O) groups is 1. The summed E-state index contributed by atoms with van der Waals surface area (Å²) in [5.74, 6) is -0.138. The third-order valence-electron chi connectivity index (χ3n) is 8.06. The topological polar surface area (TPSA) is 101 Å². The number of pyridine rings is 1. The molecule has 2 aromatic heterocycles. The van der Waals surface area contributed by atoms with Gasteiger partial charge in [-0.25, -0.2) is 13.8 Å². The molecule has 0 spiro atoms. The molecule has 0 saturated carbocycles. The molecule has 2 aliphatic heterocycles. The lowest BCUT2D eigenvalue weighted by Gasteiger charge is -2.40. The number of rotatable bonds is 6. The molecular weight excluding hydrogens is 552 g/mol. The fourth-order valence-corrected chi connectivity index (χ4v) is 5.93. The van der Waals surface area contributed by atoms with E-state index in [0.717, 1.165) is 11.1 Å². The number of likely N-dealkylation sites (N-methyl/N-ethyl adjacent to an activating group) is 1. The van der Waals surface area contributed by atoms with E-state index >= 15 is 4.39 Å². The highest BCUT2D eigenvalue weighted by molar-refractivity contribution is 6.34. The predicted molar refractivity (Wildman–Crippen MR) is 157 cm³/mol. The maximum Gasteiger partial charge on any atom is 0.319 e. The number of nitrogen functional groups attached to an aromatic ring is 1. The first-order valence-corrected chi connectivity index (χ1v) is 13.9. The van der Waals surface area contributed by atoms with Crippen LogP contribution in [0.4, 0.5) is 20.4 Å². The minimum Gasteiger partial charge on any atom is -0.462 e. The average Bonchev–Trinajstić information content (AvgIpc) is 3.26. The number of carbonyl (C=O) groups excluding carboxylic acids is 1. The molecule has 3 aromatic rings. The lowest BCUT2D eigenvalue weighted by molar-refractivity contribution is -0.126. The maximum atomic E-state index is 16.5. The van der Waals surface area contributed by atoms with Crippen LogP contribution in [0.3, 0.4) is 0 Å². The lowest BCUT2D eigenvalue weighted by atomic mass is 10.00. The zero-order valence-corrected chi connectivity index (χ0v) is 24.4. The Labute approximate surface area is 242 Å². The normalized spacial score (nSPS) is 21.5. The van der Waals surface area contributed by atoms with Gasteiger partial charge in [-0.15, -0.1) is 0 Å². The van der Waals surface area contributed by atoms with Gasteiger partial charge in [0.05, 0.1) is 16.3 Å². The molecular formula is C29H34ClF2N7O2. The molecule has 2 saturated heterocycles. The minimum atomic E-state index is -0.934. The average molecular weight is 586 g/mol. The van der Waals surface area contributed by atoms with Gasteiger partial charge < -0.3 is 20.3 Å². The van der Waals surface area contributed by atoms with Crippen LogP contribution in [0.5, 0.6) is 6.01 Å². The Hall–Kier alpha value is -3.57. The number of nitrogens with zero attached hydrogens (tertiary/aromatic N) is 6. The van der Waals surface area contributed by atoms with E-state index in [1.54, 1.807) is 17.0 Å². The molecule has 41 heavy (non-hydrogen) atoms. The SMILES string of the molecule is C=CC(=O)N1CCN(c2nc(OC[C@@H]3C[C@@H](F)CN3C)nc3c(F)c(-c4nc(N)cc(C)c4C)c(Cl)cc23)C(C)C1. The van der Waals surface area contributed by atoms with Gasteiger partial charge in [0, 0.05) is 43.6 Å². The van der Waals surface area contributed by atoms with Crippen LogP contribution in [-0.2, 0) is 4.79 Å². The Morgan fingerprint density at radius 3 is 2.66 bits per heavy atom. The minimum absolute atomic E-state index is 0.0191. The molecule has 0 bridgehead atoms. The molecule has 1 unspecified atom stereocenters. The number of aryl methyl sites for hydroxylation is 1. The van der Waals surface area contributed by atoms with Crippen LogP contribution in [0.25, 0.3) is 22.2 Å². The molecule has 218 valence electrons. The summed E-state index contributed by atoms with van der Waals surface area (Å²) in [4.78, 5) is 31.4. The van der Waals surface area contributed by atoms with Gasteiger partial charge in [0.15, 0.2) is 5.82 Å². The van der Waals surface area contributed by atoms with Gasteiger partial charge in [-0.1, -0.05) is 18.2 Å². The van der Waals surface area contributed by atoms with Crippen molar-refractivity contribution in [2.75, 3.05) is 50.5 Å². The van der Waals surface area contributed by atoms with E-state index < -0.39 is 12.0 Å². The molecule has 2 fully saturated rings. The fraction of sp³-hybridized carbons (Fsp3) is 0.448. The van der Waals surface area contributed by atoms with Crippen molar-refractivity contribution in [3.8, 4) is 17.3 Å². The second kappa shape index (κ2) is 11.4. The van der Waals surface area contributed by atoms with E-state index in [1.165, 1.54) is 6.08 Å². The van der Waals surface area contributed by atoms with Crippen molar-refractivity contribution in [2.24, 2.45) is 0 Å². The Balaban J connectivity index is 1.63. The summed E-state index contributed by atoms with van der Waals surface area (Å²) in [6, 6.07) is 3.01. The molecule has 0 aliphatic carbocycles. The second-order valence-electron chi connectivity index (χ2n) is 10.9. The molecule has 1 aromatic carbocycles. The number of halogens is 3. The largest absolute Gasteiger partial charge is 0.462 e. The van der Waals surface area contributed by atoms with Crippen LogP contribution in [-0.4, -0.2) is 88.7 Å². The first-order valence-electron chi connectivity index (χ1n) is 13.6. The molecule has 9 nitrogen and oxygen atoms in total. The van der Waals surface area contributed by atoms with Gasteiger partial charge in [-0.3, -0.25) is 9.69 Å². The molecule has 2 aliphatic rings. The van der Waals surface area contributed by atoms with Crippen LogP contribution in [0.15, 0.2) is 24.8 Å². The maximum absolute atomic E-state index is 16.5. The van der Waals surface area contributed by atoms with Gasteiger partial charge in [0.2, 0.25) is 5.91 Å². The number of fused-ring (bicyclic) bond motifs is 1. The molecule has 12 heteroatoms. The van der Waals surface area contributed by atoms with Crippen molar-refractivity contribution in [3.63, 3.8) is 0 Å². The van der Waals surface area contributed by atoms with Crippen LogP contribution < -0.4 is 15.4 Å². The van der Waals surface area contributed by atoms with Crippen molar-refractivity contribution >= 4 is 40.0 Å². The van der Waals surface area contributed by atoms with Crippen LogP contribution in [0, 0.1) is 19.7 Å². The molecule has 2 N–H and O–H groups in total. The van der Waals surface area contributed by atoms with E-state index in [1.807, 2.05) is 37.6 Å². The number of alkyl halides is 1. The molecule has 3 atom stereocenters. The van der Waals surface area contributed by atoms with Crippen LogP contribution in [0.1, 0.15) is 24.5 Å². The number of ether oxygens (including phenoxy) is 1. The number of hydrogen-bond acceptors (Lipinski definition) is 8. The fourth-order valence-electron chi connectivity index (χ4n) is 5.64. The van der Waals surface area contributed by atoms with Crippen LogP contribution in [0.2, 0.25) is 5.02 Å². The van der Waals surface area contributed by atoms with Gasteiger partial charge in [-0.05, 0) is 63.6 Å². The number of anilines is 2. The summed E-state index contributed by atoms with van der Waals surface area (Å²) in [6.45, 7) is 11.0. The summed E-state index contributed by atoms with van der Waals surface area (Å²) >= 11 is 6.74. The van der Waals surface area contributed by atoms with Crippen molar-refractivity contribution in [2.45, 2.75) is 45.4 Å². The monoisotopic (exact) mass is 585 g/mol. The molecule has 5 rings (SSSR count). The number of aromatic nitrogens is 3.